The standard InChI is InChI=1S/C22H30N4O2/c1-4-17-13-22(24-16(2)23-17)25-11-9-18(10-12-25)26-14-19(15-26)28-21-8-6-5-7-20(21)27-3/h5-8,13,18-19H,4,9-12,14-15H2,1-3H3. The molecule has 0 N–H and O–H groups in total. The van der Waals surface area contributed by atoms with E-state index in [-0.39, 0.29) is 6.10 Å². The fourth-order valence-electron chi connectivity index (χ4n) is 4.15. The van der Waals surface area contributed by atoms with Gasteiger partial charge >= 0.3 is 0 Å². The molecule has 0 bridgehead atoms. The number of methoxy groups -OCH3 is 1. The highest BCUT2D eigenvalue weighted by Gasteiger charge is 2.36. The summed E-state index contributed by atoms with van der Waals surface area (Å²) in [4.78, 5) is 14.1. The Morgan fingerprint density at radius 2 is 1.79 bits per heavy atom. The van der Waals surface area contributed by atoms with Crippen LogP contribution < -0.4 is 14.4 Å². The van der Waals surface area contributed by atoms with Crippen LogP contribution in [0, 0.1) is 6.92 Å². The first kappa shape index (κ1) is 19.0. The van der Waals surface area contributed by atoms with E-state index in [9.17, 15) is 0 Å². The molecule has 6 nitrogen and oxygen atoms in total. The van der Waals surface area contributed by atoms with Crippen LogP contribution in [0.15, 0.2) is 30.3 Å². The summed E-state index contributed by atoms with van der Waals surface area (Å²) in [5.41, 5.74) is 1.13. The number of aryl methyl sites for hydroxylation is 2. The van der Waals surface area contributed by atoms with Gasteiger partial charge in [0.25, 0.3) is 0 Å². The third-order valence-corrected chi connectivity index (χ3v) is 5.78. The van der Waals surface area contributed by atoms with Crippen LogP contribution in [0.1, 0.15) is 31.3 Å². The van der Waals surface area contributed by atoms with Crippen LogP contribution in [-0.4, -0.2) is 60.3 Å². The van der Waals surface area contributed by atoms with Crippen LogP contribution in [0.5, 0.6) is 11.5 Å². The SMILES string of the molecule is CCc1cc(N2CCC(N3CC(Oc4ccccc4OC)C3)CC2)nc(C)n1. The smallest absolute Gasteiger partial charge is 0.161 e. The van der Waals surface area contributed by atoms with Crippen molar-refractivity contribution in [3.8, 4) is 11.5 Å². The zero-order chi connectivity index (χ0) is 19.5. The predicted octanol–water partition coefficient (Wildman–Crippen LogP) is 3.09. The number of ether oxygens (including phenoxy) is 2. The Morgan fingerprint density at radius 3 is 2.46 bits per heavy atom. The maximum atomic E-state index is 6.13. The van der Waals surface area contributed by atoms with Crippen molar-refractivity contribution in [2.45, 2.75) is 45.3 Å². The molecule has 6 heteroatoms. The Labute approximate surface area is 167 Å². The number of aromatic nitrogens is 2. The molecule has 28 heavy (non-hydrogen) atoms. The van der Waals surface area contributed by atoms with E-state index >= 15 is 0 Å². The minimum atomic E-state index is 0.256. The predicted molar refractivity (Wildman–Crippen MR) is 110 cm³/mol. The first-order chi connectivity index (χ1) is 13.7. The molecule has 0 aliphatic carbocycles. The second-order valence-electron chi connectivity index (χ2n) is 7.68. The lowest BCUT2D eigenvalue weighted by Gasteiger charge is -2.47. The van der Waals surface area contributed by atoms with E-state index in [2.05, 4.69) is 32.8 Å². The minimum Gasteiger partial charge on any atom is -0.493 e. The molecule has 0 saturated carbocycles. The van der Waals surface area contributed by atoms with Crippen molar-refractivity contribution >= 4 is 5.82 Å². The molecule has 1 aromatic carbocycles. The van der Waals surface area contributed by atoms with E-state index in [0.29, 0.717) is 6.04 Å². The number of para-hydroxylation sites is 2. The van der Waals surface area contributed by atoms with Crippen LogP contribution in [0.2, 0.25) is 0 Å². The highest BCUT2D eigenvalue weighted by Crippen LogP contribution is 2.31. The third-order valence-electron chi connectivity index (χ3n) is 5.78. The topological polar surface area (TPSA) is 50.7 Å². The summed E-state index contributed by atoms with van der Waals surface area (Å²) in [6.45, 7) is 8.23. The maximum Gasteiger partial charge on any atom is 0.161 e. The monoisotopic (exact) mass is 382 g/mol. The first-order valence-electron chi connectivity index (χ1n) is 10.3. The maximum absolute atomic E-state index is 6.13. The first-order valence-corrected chi connectivity index (χ1v) is 10.3. The van der Waals surface area contributed by atoms with Crippen LogP contribution in [0.4, 0.5) is 5.82 Å². The number of anilines is 1. The van der Waals surface area contributed by atoms with Crippen molar-refractivity contribution in [3.63, 3.8) is 0 Å². The lowest BCUT2D eigenvalue weighted by atomic mass is 9.98. The lowest BCUT2D eigenvalue weighted by Crippen LogP contribution is -2.59. The Bertz CT molecular complexity index is 799. The summed E-state index contributed by atoms with van der Waals surface area (Å²) in [5.74, 6) is 3.61. The van der Waals surface area contributed by atoms with E-state index in [1.807, 2.05) is 31.2 Å². The van der Waals surface area contributed by atoms with Crippen molar-refractivity contribution in [3.05, 3.63) is 41.9 Å². The molecular formula is C22H30N4O2. The molecule has 0 unspecified atom stereocenters. The summed E-state index contributed by atoms with van der Waals surface area (Å²) >= 11 is 0. The summed E-state index contributed by atoms with van der Waals surface area (Å²) in [6, 6.07) is 10.7. The summed E-state index contributed by atoms with van der Waals surface area (Å²) in [5, 5.41) is 0. The number of likely N-dealkylation sites (tertiary alicyclic amines) is 1. The number of hydrogen-bond acceptors (Lipinski definition) is 6. The second-order valence-corrected chi connectivity index (χ2v) is 7.68. The van der Waals surface area contributed by atoms with Crippen LogP contribution in [-0.2, 0) is 6.42 Å². The largest absolute Gasteiger partial charge is 0.493 e. The third kappa shape index (κ3) is 4.07. The van der Waals surface area contributed by atoms with Gasteiger partial charge in [0.2, 0.25) is 0 Å². The van der Waals surface area contributed by atoms with Gasteiger partial charge in [0.1, 0.15) is 17.7 Å². The lowest BCUT2D eigenvalue weighted by molar-refractivity contribution is -0.0164. The van der Waals surface area contributed by atoms with Crippen LogP contribution in [0.3, 0.4) is 0 Å². The van der Waals surface area contributed by atoms with Gasteiger partial charge in [0, 0.05) is 44.0 Å². The van der Waals surface area contributed by atoms with Gasteiger partial charge in [-0.05, 0) is 38.3 Å². The van der Waals surface area contributed by atoms with Gasteiger partial charge < -0.3 is 14.4 Å². The van der Waals surface area contributed by atoms with E-state index < -0.39 is 0 Å². The van der Waals surface area contributed by atoms with Gasteiger partial charge in [-0.3, -0.25) is 4.90 Å². The molecular weight excluding hydrogens is 352 g/mol. The Morgan fingerprint density at radius 1 is 1.07 bits per heavy atom. The van der Waals surface area contributed by atoms with E-state index in [0.717, 1.165) is 61.4 Å². The summed E-state index contributed by atoms with van der Waals surface area (Å²) in [7, 11) is 1.69. The molecule has 150 valence electrons. The molecule has 2 aromatic rings. The minimum absolute atomic E-state index is 0.256. The van der Waals surface area contributed by atoms with Gasteiger partial charge in [-0.2, -0.15) is 0 Å². The second kappa shape index (κ2) is 8.35. The van der Waals surface area contributed by atoms with Crippen molar-refractivity contribution in [2.75, 3.05) is 38.2 Å². The highest BCUT2D eigenvalue weighted by atomic mass is 16.5. The Hall–Kier alpha value is -2.34. The summed E-state index contributed by atoms with van der Waals surface area (Å²) < 4.78 is 11.5. The molecule has 2 aliphatic heterocycles. The molecule has 0 radical (unpaired) electrons. The van der Waals surface area contributed by atoms with Crippen molar-refractivity contribution < 1.29 is 9.47 Å². The van der Waals surface area contributed by atoms with E-state index in [1.165, 1.54) is 12.8 Å². The van der Waals surface area contributed by atoms with Gasteiger partial charge in [-0.1, -0.05) is 19.1 Å². The van der Waals surface area contributed by atoms with Crippen LogP contribution in [0.25, 0.3) is 0 Å². The van der Waals surface area contributed by atoms with Gasteiger partial charge in [-0.25, -0.2) is 9.97 Å². The van der Waals surface area contributed by atoms with E-state index in [4.69, 9.17) is 9.47 Å². The molecule has 2 saturated heterocycles. The average molecular weight is 383 g/mol. The molecule has 4 rings (SSSR count). The number of piperidine rings is 1. The molecule has 0 amide bonds. The molecule has 2 fully saturated rings. The molecule has 2 aliphatic rings. The van der Waals surface area contributed by atoms with E-state index in [1.54, 1.807) is 7.11 Å². The quantitative estimate of drug-likeness (QED) is 0.765. The fourth-order valence-corrected chi connectivity index (χ4v) is 4.15. The number of benzene rings is 1. The van der Waals surface area contributed by atoms with Crippen LogP contribution >= 0.6 is 0 Å². The van der Waals surface area contributed by atoms with Gasteiger partial charge in [0.05, 0.1) is 7.11 Å². The molecule has 0 spiro atoms. The average Bonchev–Trinajstić information content (AvgIpc) is 2.70. The highest BCUT2D eigenvalue weighted by molar-refractivity contribution is 5.41. The molecule has 0 atom stereocenters. The summed E-state index contributed by atoms with van der Waals surface area (Å²) in [6.07, 6.45) is 3.55. The zero-order valence-corrected chi connectivity index (χ0v) is 17.1. The van der Waals surface area contributed by atoms with Crippen molar-refractivity contribution in [1.29, 1.82) is 0 Å². The zero-order valence-electron chi connectivity index (χ0n) is 17.1. The van der Waals surface area contributed by atoms with Gasteiger partial charge in [-0.15, -0.1) is 0 Å². The number of rotatable bonds is 6. The normalized spacial score (nSPS) is 18.8. The van der Waals surface area contributed by atoms with Crippen molar-refractivity contribution in [2.24, 2.45) is 0 Å². The fraction of sp³-hybridized carbons (Fsp3) is 0.545. The Kier molecular flexibility index (Phi) is 5.67. The number of nitrogens with zero attached hydrogens (tertiary/aromatic N) is 4. The van der Waals surface area contributed by atoms with Gasteiger partial charge in [0.15, 0.2) is 11.5 Å². The number of hydrogen-bond donors (Lipinski definition) is 0. The molecule has 1 aromatic heterocycles. The van der Waals surface area contributed by atoms with Crippen molar-refractivity contribution in [1.82, 2.24) is 14.9 Å². The molecule has 3 heterocycles. The Balaban J connectivity index is 1.27.